The van der Waals surface area contributed by atoms with Crippen LogP contribution in [0.15, 0.2) is 76.5 Å². The average molecular weight is 483 g/mol. The molecule has 32 heavy (non-hydrogen) atoms. The molecule has 1 fully saturated rings. The van der Waals surface area contributed by atoms with Crippen LogP contribution < -0.4 is 5.32 Å². The van der Waals surface area contributed by atoms with Crippen LogP contribution in [-0.4, -0.2) is 40.8 Å². The van der Waals surface area contributed by atoms with Crippen molar-refractivity contribution in [2.45, 2.75) is 4.90 Å². The highest BCUT2D eigenvalue weighted by Crippen LogP contribution is 2.33. The molecule has 3 aromatic rings. The first-order valence-electron chi connectivity index (χ1n) is 9.90. The zero-order valence-corrected chi connectivity index (χ0v) is 19.3. The van der Waals surface area contributed by atoms with E-state index < -0.39 is 0 Å². The Labute approximate surface area is 199 Å². The summed E-state index contributed by atoms with van der Waals surface area (Å²) >= 11 is 8.65. The first kappa shape index (κ1) is 22.5. The molecular formula is C24H19ClN2O3S2. The summed E-state index contributed by atoms with van der Waals surface area (Å²) in [6.07, 6.45) is 1.70. The minimum Gasteiger partial charge on any atom is -0.354 e. The molecule has 4 rings (SSSR count). The molecule has 1 heterocycles. The van der Waals surface area contributed by atoms with Crippen LogP contribution >= 0.6 is 35.1 Å². The van der Waals surface area contributed by atoms with E-state index in [0.29, 0.717) is 9.93 Å². The van der Waals surface area contributed by atoms with E-state index in [-0.39, 0.29) is 35.9 Å². The van der Waals surface area contributed by atoms with E-state index in [4.69, 9.17) is 11.6 Å². The van der Waals surface area contributed by atoms with Crippen LogP contribution in [0.2, 0.25) is 5.02 Å². The third kappa shape index (κ3) is 5.18. The van der Waals surface area contributed by atoms with E-state index in [1.165, 1.54) is 11.8 Å². The van der Waals surface area contributed by atoms with E-state index in [1.807, 2.05) is 66.7 Å². The Morgan fingerprint density at radius 3 is 2.56 bits per heavy atom. The second-order valence-electron chi connectivity index (χ2n) is 6.98. The van der Waals surface area contributed by atoms with Crippen molar-refractivity contribution in [1.82, 2.24) is 10.2 Å². The highest BCUT2D eigenvalue weighted by atomic mass is 35.5. The summed E-state index contributed by atoms with van der Waals surface area (Å²) in [5, 5.41) is 5.05. The normalized spacial score (nSPS) is 15.0. The number of rotatable bonds is 7. The number of carbonyl (C=O) groups excluding carboxylic acids is 3. The van der Waals surface area contributed by atoms with Crippen molar-refractivity contribution >= 4 is 69.0 Å². The van der Waals surface area contributed by atoms with Crippen LogP contribution in [-0.2, 0) is 9.59 Å². The minimum atomic E-state index is -0.335. The lowest BCUT2D eigenvalue weighted by atomic mass is 10.1. The molecule has 0 unspecified atom stereocenters. The molecule has 5 nitrogen and oxygen atoms in total. The third-order valence-electron chi connectivity index (χ3n) is 4.80. The van der Waals surface area contributed by atoms with Gasteiger partial charge in [0.1, 0.15) is 0 Å². The van der Waals surface area contributed by atoms with Crippen LogP contribution in [0.25, 0.3) is 16.8 Å². The lowest BCUT2D eigenvalue weighted by Gasteiger charge is -2.13. The number of nitrogens with zero attached hydrogens (tertiary/aromatic N) is 1. The van der Waals surface area contributed by atoms with Crippen molar-refractivity contribution < 1.29 is 14.4 Å². The predicted octanol–water partition coefficient (Wildman–Crippen LogP) is 5.44. The largest absolute Gasteiger partial charge is 0.354 e. The van der Waals surface area contributed by atoms with Gasteiger partial charge in [-0.1, -0.05) is 66.2 Å². The van der Waals surface area contributed by atoms with Gasteiger partial charge in [0.25, 0.3) is 11.1 Å². The Kier molecular flexibility index (Phi) is 7.19. The van der Waals surface area contributed by atoms with Crippen molar-refractivity contribution in [2.24, 2.45) is 0 Å². The summed E-state index contributed by atoms with van der Waals surface area (Å²) in [5.41, 5.74) is 0.858. The van der Waals surface area contributed by atoms with Gasteiger partial charge in [-0.3, -0.25) is 19.3 Å². The SMILES string of the molecule is O=C(CSc1cccc2cccc(Cl)c12)NCCN1C(=O)SC(=Cc2ccccc2)C1=O. The van der Waals surface area contributed by atoms with Crippen molar-refractivity contribution in [2.75, 3.05) is 18.8 Å². The Morgan fingerprint density at radius 2 is 1.78 bits per heavy atom. The summed E-state index contributed by atoms with van der Waals surface area (Å²) in [5.74, 6) is -0.302. The monoisotopic (exact) mass is 482 g/mol. The Hall–Kier alpha value is -2.74. The third-order valence-corrected chi connectivity index (χ3v) is 7.08. The molecule has 0 saturated carbocycles. The molecule has 0 radical (unpaired) electrons. The summed E-state index contributed by atoms with van der Waals surface area (Å²) in [6.45, 7) is 0.333. The highest BCUT2D eigenvalue weighted by molar-refractivity contribution is 8.18. The Morgan fingerprint density at radius 1 is 1.03 bits per heavy atom. The molecule has 0 spiro atoms. The van der Waals surface area contributed by atoms with E-state index in [1.54, 1.807) is 6.08 Å². The fourth-order valence-corrected chi connectivity index (χ4v) is 5.42. The molecule has 3 amide bonds. The van der Waals surface area contributed by atoms with Crippen LogP contribution in [0.5, 0.6) is 0 Å². The predicted molar refractivity (Wildman–Crippen MR) is 132 cm³/mol. The van der Waals surface area contributed by atoms with Crippen LogP contribution in [0.1, 0.15) is 5.56 Å². The van der Waals surface area contributed by atoms with Crippen molar-refractivity contribution in [3.05, 3.63) is 82.2 Å². The average Bonchev–Trinajstić information content (AvgIpc) is 3.06. The number of halogens is 1. The molecule has 0 atom stereocenters. The lowest BCUT2D eigenvalue weighted by molar-refractivity contribution is -0.123. The summed E-state index contributed by atoms with van der Waals surface area (Å²) in [7, 11) is 0. The number of hydrogen-bond donors (Lipinski definition) is 1. The number of carbonyl (C=O) groups is 3. The molecule has 0 bridgehead atoms. The summed E-state index contributed by atoms with van der Waals surface area (Å²) in [4.78, 5) is 39.6. The van der Waals surface area contributed by atoms with Gasteiger partial charge >= 0.3 is 0 Å². The van der Waals surface area contributed by atoms with Crippen molar-refractivity contribution in [3.63, 3.8) is 0 Å². The topological polar surface area (TPSA) is 66.5 Å². The van der Waals surface area contributed by atoms with E-state index in [2.05, 4.69) is 5.32 Å². The maximum Gasteiger partial charge on any atom is 0.293 e. The van der Waals surface area contributed by atoms with Crippen LogP contribution in [0.4, 0.5) is 4.79 Å². The minimum absolute atomic E-state index is 0.132. The molecule has 0 aromatic heterocycles. The first-order chi connectivity index (χ1) is 15.5. The molecule has 162 valence electrons. The number of amides is 3. The summed E-state index contributed by atoms with van der Waals surface area (Å²) < 4.78 is 0. The second kappa shape index (κ2) is 10.3. The van der Waals surface area contributed by atoms with Gasteiger partial charge in [0.05, 0.1) is 10.7 Å². The standard InChI is InChI=1S/C24H19ClN2O3S2/c25-18-10-4-8-17-9-5-11-19(22(17)18)31-15-21(28)26-12-13-27-23(29)20(32-24(27)30)14-16-6-2-1-3-7-16/h1-11,14H,12-13,15H2,(H,26,28). The van der Waals surface area contributed by atoms with Gasteiger partial charge in [-0.15, -0.1) is 11.8 Å². The molecule has 1 saturated heterocycles. The number of hydrogen-bond acceptors (Lipinski definition) is 5. The van der Waals surface area contributed by atoms with Gasteiger partial charge in [-0.2, -0.15) is 0 Å². The summed E-state index contributed by atoms with van der Waals surface area (Å²) in [6, 6.07) is 20.9. The number of benzene rings is 3. The van der Waals surface area contributed by atoms with Gasteiger partial charge in [-0.25, -0.2) is 0 Å². The zero-order chi connectivity index (χ0) is 22.5. The number of imide groups is 1. The van der Waals surface area contributed by atoms with Gasteiger partial charge in [0.15, 0.2) is 0 Å². The molecule has 1 N–H and O–H groups in total. The quantitative estimate of drug-likeness (QED) is 0.359. The van der Waals surface area contributed by atoms with Gasteiger partial charge < -0.3 is 5.32 Å². The number of fused-ring (bicyclic) bond motifs is 1. The molecule has 3 aromatic carbocycles. The van der Waals surface area contributed by atoms with Crippen LogP contribution in [0.3, 0.4) is 0 Å². The van der Waals surface area contributed by atoms with Gasteiger partial charge in [0, 0.05) is 28.4 Å². The number of thioether (sulfide) groups is 2. The molecule has 0 aliphatic carbocycles. The highest BCUT2D eigenvalue weighted by Gasteiger charge is 2.34. The maximum atomic E-state index is 12.5. The fourth-order valence-electron chi connectivity index (χ4n) is 3.28. The van der Waals surface area contributed by atoms with E-state index in [0.717, 1.165) is 37.9 Å². The lowest BCUT2D eigenvalue weighted by Crippen LogP contribution is -2.37. The van der Waals surface area contributed by atoms with Crippen molar-refractivity contribution in [1.29, 1.82) is 0 Å². The molecular weight excluding hydrogens is 464 g/mol. The Bertz CT molecular complexity index is 1210. The number of nitrogens with one attached hydrogen (secondary N) is 1. The first-order valence-corrected chi connectivity index (χ1v) is 12.1. The maximum absolute atomic E-state index is 12.5. The molecule has 1 aliphatic rings. The van der Waals surface area contributed by atoms with E-state index >= 15 is 0 Å². The smallest absolute Gasteiger partial charge is 0.293 e. The van der Waals surface area contributed by atoms with Gasteiger partial charge in [0.2, 0.25) is 5.91 Å². The van der Waals surface area contributed by atoms with Gasteiger partial charge in [-0.05, 0) is 40.9 Å². The second-order valence-corrected chi connectivity index (χ2v) is 9.39. The molecule has 8 heteroatoms. The van der Waals surface area contributed by atoms with E-state index in [9.17, 15) is 14.4 Å². The Balaban J connectivity index is 1.30. The van der Waals surface area contributed by atoms with Crippen molar-refractivity contribution in [3.8, 4) is 0 Å². The van der Waals surface area contributed by atoms with Crippen LogP contribution in [0, 0.1) is 0 Å². The molecule has 1 aliphatic heterocycles. The fraction of sp³-hybridized carbons (Fsp3) is 0.125. The zero-order valence-electron chi connectivity index (χ0n) is 16.9.